The predicted molar refractivity (Wildman–Crippen MR) is 67.9 cm³/mol. The highest BCUT2D eigenvalue weighted by atomic mass is 32.1. The van der Waals surface area contributed by atoms with Crippen LogP contribution in [0, 0.1) is 0 Å². The third kappa shape index (κ3) is 3.90. The van der Waals surface area contributed by atoms with Crippen LogP contribution in [0.15, 0.2) is 10.9 Å². The molecule has 0 aliphatic carbocycles. The zero-order chi connectivity index (χ0) is 13.7. The smallest absolute Gasteiger partial charge is 0.318 e. The summed E-state index contributed by atoms with van der Waals surface area (Å²) in [4.78, 5) is 28.4. The van der Waals surface area contributed by atoms with E-state index >= 15 is 0 Å². The lowest BCUT2D eigenvalue weighted by molar-refractivity contribution is -0.139. The maximum absolute atomic E-state index is 12.0. The molecule has 2 amide bonds. The number of carboxylic acids is 1. The number of hydrogen-bond donors (Lipinski definition) is 2. The molecule has 0 aromatic carbocycles. The molecule has 104 valence electrons. The van der Waals surface area contributed by atoms with Gasteiger partial charge in [-0.15, -0.1) is 11.3 Å². The van der Waals surface area contributed by atoms with Crippen molar-refractivity contribution in [1.29, 1.82) is 0 Å². The summed E-state index contributed by atoms with van der Waals surface area (Å²) in [5.74, 6) is -0.937. The van der Waals surface area contributed by atoms with Crippen LogP contribution in [0.4, 0.5) is 4.79 Å². The lowest BCUT2D eigenvalue weighted by Gasteiger charge is -2.34. The van der Waals surface area contributed by atoms with E-state index < -0.39 is 12.0 Å². The normalized spacial score (nSPS) is 19.2. The number of thiazole rings is 1. The standard InChI is InChI=1S/C11H15N3O4S/c15-10(16)3-9-5-18-2-1-14(9)11(17)12-4-8-6-19-7-13-8/h6-7,9H,1-5H2,(H,12,17)(H,15,16). The number of aliphatic carboxylic acids is 1. The summed E-state index contributed by atoms with van der Waals surface area (Å²) in [7, 11) is 0. The molecule has 1 saturated heterocycles. The molecule has 1 aliphatic heterocycles. The number of carbonyl (C=O) groups excluding carboxylic acids is 1. The molecule has 1 unspecified atom stereocenters. The molecule has 1 fully saturated rings. The Balaban J connectivity index is 1.89. The van der Waals surface area contributed by atoms with Crippen molar-refractivity contribution in [2.75, 3.05) is 19.8 Å². The Kier molecular flexibility index (Phi) is 4.69. The summed E-state index contributed by atoms with van der Waals surface area (Å²) in [6.45, 7) is 1.44. The van der Waals surface area contributed by atoms with Crippen LogP contribution in [0.25, 0.3) is 0 Å². The van der Waals surface area contributed by atoms with Crippen LogP contribution in [-0.4, -0.2) is 52.8 Å². The van der Waals surface area contributed by atoms with Crippen LogP contribution in [-0.2, 0) is 16.1 Å². The quantitative estimate of drug-likeness (QED) is 0.842. The van der Waals surface area contributed by atoms with Crippen molar-refractivity contribution in [3.05, 3.63) is 16.6 Å². The summed E-state index contributed by atoms with van der Waals surface area (Å²) in [5.41, 5.74) is 2.49. The SMILES string of the molecule is O=C(O)CC1COCCN1C(=O)NCc1cscn1. The third-order valence-corrected chi connectivity index (χ3v) is 3.44. The largest absolute Gasteiger partial charge is 0.481 e. The van der Waals surface area contributed by atoms with E-state index in [9.17, 15) is 9.59 Å². The lowest BCUT2D eigenvalue weighted by Crippen LogP contribution is -2.53. The highest BCUT2D eigenvalue weighted by Crippen LogP contribution is 2.11. The van der Waals surface area contributed by atoms with Crippen molar-refractivity contribution in [2.24, 2.45) is 0 Å². The molecule has 2 heterocycles. The molecule has 19 heavy (non-hydrogen) atoms. The van der Waals surface area contributed by atoms with Gasteiger partial charge in [-0.2, -0.15) is 0 Å². The summed E-state index contributed by atoms with van der Waals surface area (Å²) in [6.07, 6.45) is -0.107. The molecule has 1 aromatic heterocycles. The number of urea groups is 1. The average molecular weight is 285 g/mol. The number of carboxylic acid groups (broad SMARTS) is 1. The first kappa shape index (κ1) is 13.8. The molecule has 0 spiro atoms. The Morgan fingerprint density at radius 1 is 1.63 bits per heavy atom. The molecule has 7 nitrogen and oxygen atoms in total. The summed E-state index contributed by atoms with van der Waals surface area (Å²) in [6, 6.07) is -0.691. The van der Waals surface area contributed by atoms with Gasteiger partial charge in [0, 0.05) is 11.9 Å². The minimum Gasteiger partial charge on any atom is -0.481 e. The monoisotopic (exact) mass is 285 g/mol. The van der Waals surface area contributed by atoms with Crippen molar-refractivity contribution in [1.82, 2.24) is 15.2 Å². The van der Waals surface area contributed by atoms with Crippen molar-refractivity contribution in [3.8, 4) is 0 Å². The number of hydrogen-bond acceptors (Lipinski definition) is 5. The Morgan fingerprint density at radius 2 is 2.47 bits per heavy atom. The number of carbonyl (C=O) groups is 2. The van der Waals surface area contributed by atoms with Gasteiger partial charge in [-0.05, 0) is 0 Å². The maximum atomic E-state index is 12.0. The molecule has 0 saturated carbocycles. The Labute approximate surface area is 114 Å². The third-order valence-electron chi connectivity index (χ3n) is 2.80. The van der Waals surface area contributed by atoms with Gasteiger partial charge in [0.1, 0.15) is 0 Å². The molecule has 8 heteroatoms. The second-order valence-electron chi connectivity index (χ2n) is 4.16. The van der Waals surface area contributed by atoms with Crippen molar-refractivity contribution in [2.45, 2.75) is 19.0 Å². The Morgan fingerprint density at radius 3 is 3.16 bits per heavy atom. The van der Waals surface area contributed by atoms with Gasteiger partial charge in [0.25, 0.3) is 0 Å². The minimum absolute atomic E-state index is 0.107. The molecular weight excluding hydrogens is 270 g/mol. The van der Waals surface area contributed by atoms with Crippen LogP contribution >= 0.6 is 11.3 Å². The number of rotatable bonds is 4. The van der Waals surface area contributed by atoms with E-state index in [0.29, 0.717) is 19.7 Å². The molecule has 1 atom stereocenters. The number of ether oxygens (including phenoxy) is 1. The number of nitrogens with one attached hydrogen (secondary N) is 1. The average Bonchev–Trinajstić information content (AvgIpc) is 2.89. The van der Waals surface area contributed by atoms with Crippen LogP contribution in [0.2, 0.25) is 0 Å². The molecule has 2 rings (SSSR count). The Bertz CT molecular complexity index is 437. The zero-order valence-electron chi connectivity index (χ0n) is 10.2. The Hall–Kier alpha value is -1.67. The number of morpholine rings is 1. The van der Waals surface area contributed by atoms with E-state index in [1.54, 1.807) is 5.51 Å². The molecule has 2 N–H and O–H groups in total. The minimum atomic E-state index is -0.937. The second-order valence-corrected chi connectivity index (χ2v) is 4.88. The van der Waals surface area contributed by atoms with E-state index in [-0.39, 0.29) is 19.1 Å². The van der Waals surface area contributed by atoms with E-state index in [1.807, 2.05) is 5.38 Å². The van der Waals surface area contributed by atoms with Gasteiger partial charge in [0.05, 0.1) is 43.4 Å². The van der Waals surface area contributed by atoms with Crippen LogP contribution in [0.3, 0.4) is 0 Å². The van der Waals surface area contributed by atoms with Gasteiger partial charge >= 0.3 is 12.0 Å². The van der Waals surface area contributed by atoms with Gasteiger partial charge < -0.3 is 20.1 Å². The molecule has 1 aliphatic rings. The van der Waals surface area contributed by atoms with Gasteiger partial charge in [0.2, 0.25) is 0 Å². The van der Waals surface area contributed by atoms with Gasteiger partial charge in [-0.3, -0.25) is 4.79 Å². The second kappa shape index (κ2) is 6.48. The first-order valence-electron chi connectivity index (χ1n) is 5.88. The summed E-state index contributed by atoms with van der Waals surface area (Å²) < 4.78 is 5.22. The maximum Gasteiger partial charge on any atom is 0.318 e. The predicted octanol–water partition coefficient (Wildman–Crippen LogP) is 0.528. The van der Waals surface area contributed by atoms with Gasteiger partial charge in [-0.1, -0.05) is 0 Å². The van der Waals surface area contributed by atoms with Gasteiger partial charge in [0.15, 0.2) is 0 Å². The molecule has 0 bridgehead atoms. The van der Waals surface area contributed by atoms with Crippen molar-refractivity contribution in [3.63, 3.8) is 0 Å². The van der Waals surface area contributed by atoms with Crippen LogP contribution in [0.1, 0.15) is 12.1 Å². The summed E-state index contributed by atoms with van der Waals surface area (Å²) in [5, 5.41) is 13.4. The van der Waals surface area contributed by atoms with Crippen LogP contribution < -0.4 is 5.32 Å². The van der Waals surface area contributed by atoms with E-state index in [4.69, 9.17) is 9.84 Å². The number of aromatic nitrogens is 1. The topological polar surface area (TPSA) is 91.8 Å². The van der Waals surface area contributed by atoms with E-state index in [0.717, 1.165) is 5.69 Å². The van der Waals surface area contributed by atoms with Crippen molar-refractivity contribution < 1.29 is 19.4 Å². The van der Waals surface area contributed by atoms with Crippen LogP contribution in [0.5, 0.6) is 0 Å². The lowest BCUT2D eigenvalue weighted by atomic mass is 10.1. The van der Waals surface area contributed by atoms with Gasteiger partial charge in [-0.25, -0.2) is 9.78 Å². The highest BCUT2D eigenvalue weighted by Gasteiger charge is 2.28. The summed E-state index contributed by atoms with van der Waals surface area (Å²) >= 11 is 1.46. The number of nitrogens with zero attached hydrogens (tertiary/aromatic N) is 2. The highest BCUT2D eigenvalue weighted by molar-refractivity contribution is 7.07. The molecule has 1 aromatic rings. The number of amides is 2. The van der Waals surface area contributed by atoms with Crippen molar-refractivity contribution >= 4 is 23.3 Å². The van der Waals surface area contributed by atoms with E-state index in [2.05, 4.69) is 10.3 Å². The zero-order valence-corrected chi connectivity index (χ0v) is 11.1. The fraction of sp³-hybridized carbons (Fsp3) is 0.545. The van der Waals surface area contributed by atoms with E-state index in [1.165, 1.54) is 16.2 Å². The first-order chi connectivity index (χ1) is 9.16. The fourth-order valence-corrected chi connectivity index (χ4v) is 2.44. The first-order valence-corrected chi connectivity index (χ1v) is 6.82. The molecular formula is C11H15N3O4S. The fourth-order valence-electron chi connectivity index (χ4n) is 1.89. The molecule has 0 radical (unpaired) electrons.